The van der Waals surface area contributed by atoms with E-state index in [4.69, 9.17) is 5.73 Å². The van der Waals surface area contributed by atoms with Crippen molar-refractivity contribution in [3.05, 3.63) is 35.4 Å². The second-order valence-electron chi connectivity index (χ2n) is 5.56. The molecule has 1 unspecified atom stereocenters. The van der Waals surface area contributed by atoms with Crippen molar-refractivity contribution in [1.29, 1.82) is 0 Å². The standard InChI is InChI=1S/C14H23N3O2S/c1-11(2)10-16-20(18,19)17-8-7-12-5-3-4-6-13(12)14(17)9-15/h3-6,11,14,16H,7-10,15H2,1-2H3. The molecule has 6 heteroatoms. The molecule has 1 aliphatic heterocycles. The van der Waals surface area contributed by atoms with Crippen molar-refractivity contribution < 1.29 is 8.42 Å². The number of hydrogen-bond donors (Lipinski definition) is 2. The lowest BCUT2D eigenvalue weighted by molar-refractivity contribution is 0.307. The number of benzene rings is 1. The molecule has 0 fully saturated rings. The topological polar surface area (TPSA) is 75.4 Å². The molecule has 20 heavy (non-hydrogen) atoms. The van der Waals surface area contributed by atoms with Gasteiger partial charge in [0.2, 0.25) is 0 Å². The third kappa shape index (κ3) is 3.20. The number of nitrogens with two attached hydrogens (primary N) is 1. The van der Waals surface area contributed by atoms with Gasteiger partial charge in [-0.15, -0.1) is 0 Å². The van der Waals surface area contributed by atoms with E-state index in [0.717, 1.165) is 12.0 Å². The van der Waals surface area contributed by atoms with E-state index in [1.54, 1.807) is 0 Å². The maximum Gasteiger partial charge on any atom is 0.280 e. The Labute approximate surface area is 121 Å². The van der Waals surface area contributed by atoms with Gasteiger partial charge in [0, 0.05) is 19.6 Å². The fourth-order valence-corrected chi connectivity index (χ4v) is 4.09. The molecule has 0 saturated carbocycles. The van der Waals surface area contributed by atoms with E-state index < -0.39 is 10.2 Å². The maximum absolute atomic E-state index is 12.4. The molecule has 2 rings (SSSR count). The number of hydrogen-bond acceptors (Lipinski definition) is 3. The first-order chi connectivity index (χ1) is 9.45. The van der Waals surface area contributed by atoms with E-state index in [-0.39, 0.29) is 12.0 Å². The second kappa shape index (κ2) is 6.22. The van der Waals surface area contributed by atoms with E-state index in [2.05, 4.69) is 4.72 Å². The highest BCUT2D eigenvalue weighted by Crippen LogP contribution is 2.30. The molecule has 0 aliphatic carbocycles. The number of fused-ring (bicyclic) bond motifs is 1. The number of rotatable bonds is 5. The molecule has 5 nitrogen and oxygen atoms in total. The highest BCUT2D eigenvalue weighted by Gasteiger charge is 2.34. The fraction of sp³-hybridized carbons (Fsp3) is 0.571. The Morgan fingerprint density at radius 1 is 1.40 bits per heavy atom. The quantitative estimate of drug-likeness (QED) is 0.852. The number of nitrogens with one attached hydrogen (secondary N) is 1. The second-order valence-corrected chi connectivity index (χ2v) is 7.27. The summed E-state index contributed by atoms with van der Waals surface area (Å²) in [7, 11) is -3.48. The van der Waals surface area contributed by atoms with Crippen LogP contribution in [0, 0.1) is 5.92 Å². The summed E-state index contributed by atoms with van der Waals surface area (Å²) in [6, 6.07) is 7.65. The highest BCUT2D eigenvalue weighted by atomic mass is 32.2. The molecule has 3 N–H and O–H groups in total. The zero-order valence-corrected chi connectivity index (χ0v) is 12.9. The Bertz CT molecular complexity index is 557. The minimum absolute atomic E-state index is 0.274. The van der Waals surface area contributed by atoms with E-state index in [1.165, 1.54) is 9.87 Å². The Morgan fingerprint density at radius 2 is 2.10 bits per heavy atom. The fourth-order valence-electron chi connectivity index (χ4n) is 2.52. The van der Waals surface area contributed by atoms with Gasteiger partial charge >= 0.3 is 0 Å². The lowest BCUT2D eigenvalue weighted by Gasteiger charge is -2.35. The zero-order valence-electron chi connectivity index (χ0n) is 12.0. The highest BCUT2D eigenvalue weighted by molar-refractivity contribution is 7.87. The first-order valence-corrected chi connectivity index (χ1v) is 8.44. The summed E-state index contributed by atoms with van der Waals surface area (Å²) in [5, 5.41) is 0. The number of nitrogens with zero attached hydrogens (tertiary/aromatic N) is 1. The first kappa shape index (κ1) is 15.4. The first-order valence-electron chi connectivity index (χ1n) is 7.00. The Kier molecular flexibility index (Phi) is 4.80. The monoisotopic (exact) mass is 297 g/mol. The van der Waals surface area contributed by atoms with E-state index >= 15 is 0 Å². The van der Waals surface area contributed by atoms with Gasteiger partial charge < -0.3 is 5.73 Å². The third-order valence-corrected chi connectivity index (χ3v) is 5.16. The molecule has 0 saturated heterocycles. The summed E-state index contributed by atoms with van der Waals surface area (Å²) in [4.78, 5) is 0. The van der Waals surface area contributed by atoms with Crippen molar-refractivity contribution in [2.24, 2.45) is 11.7 Å². The van der Waals surface area contributed by atoms with Crippen molar-refractivity contribution in [2.45, 2.75) is 26.3 Å². The van der Waals surface area contributed by atoms with Crippen molar-refractivity contribution in [3.8, 4) is 0 Å². The van der Waals surface area contributed by atoms with Crippen LogP contribution in [0.15, 0.2) is 24.3 Å². The van der Waals surface area contributed by atoms with Gasteiger partial charge in [-0.2, -0.15) is 12.7 Å². The molecule has 0 bridgehead atoms. The van der Waals surface area contributed by atoms with E-state index in [0.29, 0.717) is 19.6 Å². The van der Waals surface area contributed by atoms with Crippen LogP contribution in [0.25, 0.3) is 0 Å². The van der Waals surface area contributed by atoms with Gasteiger partial charge in [-0.05, 0) is 23.5 Å². The van der Waals surface area contributed by atoms with Crippen LogP contribution >= 0.6 is 0 Å². The van der Waals surface area contributed by atoms with Gasteiger partial charge in [-0.1, -0.05) is 38.1 Å². The lowest BCUT2D eigenvalue weighted by Crippen LogP contribution is -2.48. The van der Waals surface area contributed by atoms with Crippen molar-refractivity contribution >= 4 is 10.2 Å². The van der Waals surface area contributed by atoms with Crippen molar-refractivity contribution in [1.82, 2.24) is 9.03 Å². The predicted octanol–water partition coefficient (Wildman–Crippen LogP) is 1.03. The van der Waals surface area contributed by atoms with Crippen molar-refractivity contribution in [3.63, 3.8) is 0 Å². The van der Waals surface area contributed by atoms with Crippen LogP contribution in [0.2, 0.25) is 0 Å². The van der Waals surface area contributed by atoms with E-state index in [1.807, 2.05) is 38.1 Å². The molecule has 1 aliphatic rings. The van der Waals surface area contributed by atoms with Crippen LogP contribution in [0.3, 0.4) is 0 Å². The summed E-state index contributed by atoms with van der Waals surface area (Å²) >= 11 is 0. The third-order valence-electron chi connectivity index (χ3n) is 3.57. The Morgan fingerprint density at radius 3 is 2.75 bits per heavy atom. The van der Waals surface area contributed by atoms with Gasteiger partial charge in [-0.3, -0.25) is 0 Å². The summed E-state index contributed by atoms with van der Waals surface area (Å²) in [6.45, 7) is 5.17. The summed E-state index contributed by atoms with van der Waals surface area (Å²) in [6.07, 6.45) is 0.731. The summed E-state index contributed by atoms with van der Waals surface area (Å²) < 4.78 is 29.0. The van der Waals surface area contributed by atoms with Gasteiger partial charge in [0.15, 0.2) is 0 Å². The average Bonchev–Trinajstić information content (AvgIpc) is 2.44. The van der Waals surface area contributed by atoms with E-state index in [9.17, 15) is 8.42 Å². The maximum atomic E-state index is 12.4. The van der Waals surface area contributed by atoms with Gasteiger partial charge in [0.25, 0.3) is 10.2 Å². The molecule has 1 aromatic rings. The molecular weight excluding hydrogens is 274 g/mol. The minimum Gasteiger partial charge on any atom is -0.329 e. The van der Waals surface area contributed by atoms with Crippen LogP contribution in [0.5, 0.6) is 0 Å². The summed E-state index contributed by atoms with van der Waals surface area (Å²) in [5.74, 6) is 0.276. The minimum atomic E-state index is -3.48. The van der Waals surface area contributed by atoms with Crippen LogP contribution in [0.1, 0.15) is 31.0 Å². The molecule has 0 spiro atoms. The van der Waals surface area contributed by atoms with Crippen LogP contribution in [0.4, 0.5) is 0 Å². The van der Waals surface area contributed by atoms with Crippen LogP contribution in [-0.2, 0) is 16.6 Å². The average molecular weight is 297 g/mol. The van der Waals surface area contributed by atoms with Gasteiger partial charge in [-0.25, -0.2) is 4.72 Å². The van der Waals surface area contributed by atoms with Crippen LogP contribution < -0.4 is 10.5 Å². The molecule has 112 valence electrons. The Hall–Kier alpha value is -0.950. The summed E-state index contributed by atoms with van der Waals surface area (Å²) in [5.41, 5.74) is 8.04. The lowest BCUT2D eigenvalue weighted by atomic mass is 9.94. The molecule has 0 amide bonds. The Balaban J connectivity index is 2.25. The normalized spacial score (nSPS) is 20.1. The molecule has 1 heterocycles. The van der Waals surface area contributed by atoms with Gasteiger partial charge in [0.05, 0.1) is 6.04 Å². The molecule has 1 atom stereocenters. The van der Waals surface area contributed by atoms with Crippen LogP contribution in [-0.4, -0.2) is 32.4 Å². The smallest absolute Gasteiger partial charge is 0.280 e. The zero-order chi connectivity index (χ0) is 14.8. The SMILES string of the molecule is CC(C)CNS(=O)(=O)N1CCc2ccccc2C1CN. The molecular formula is C14H23N3O2S. The predicted molar refractivity (Wildman–Crippen MR) is 80.4 cm³/mol. The van der Waals surface area contributed by atoms with Gasteiger partial charge in [0.1, 0.15) is 0 Å². The largest absolute Gasteiger partial charge is 0.329 e. The molecule has 0 aromatic heterocycles. The molecule has 0 radical (unpaired) electrons. The van der Waals surface area contributed by atoms with Crippen molar-refractivity contribution in [2.75, 3.05) is 19.6 Å². The molecule has 1 aromatic carbocycles.